The van der Waals surface area contributed by atoms with Crippen molar-refractivity contribution in [2.24, 2.45) is 0 Å². The lowest BCUT2D eigenvalue weighted by molar-refractivity contribution is -0.136. The minimum atomic E-state index is -2.61. The Balaban J connectivity index is 0. The summed E-state index contributed by atoms with van der Waals surface area (Å²) < 4.78 is 22.8. The maximum atomic E-state index is 9.90. The van der Waals surface area contributed by atoms with E-state index >= 15 is 0 Å². The van der Waals surface area contributed by atoms with Gasteiger partial charge in [0.1, 0.15) is 24.4 Å². The predicted octanol–water partition coefficient (Wildman–Crippen LogP) is -3.70. The number of carbonyl (C=O) groups is 1. The topological polar surface area (TPSA) is 176 Å². The van der Waals surface area contributed by atoms with Crippen molar-refractivity contribution in [2.75, 3.05) is 6.61 Å². The van der Waals surface area contributed by atoms with Gasteiger partial charge in [-0.15, -0.1) is 0 Å². The maximum absolute atomic E-state index is 9.90. The van der Waals surface area contributed by atoms with Gasteiger partial charge in [-0.05, 0) is 0 Å². The standard InChI is InChI=1S/C6H12O6.H2O3S/c7-1-3(9)5(11)6(12)4(10)2-8;1-4(2)3/h1,3-6,8-12H,2H2;(H2,1,2,3). The van der Waals surface area contributed by atoms with Crippen molar-refractivity contribution < 1.29 is 43.6 Å². The van der Waals surface area contributed by atoms with Crippen molar-refractivity contribution in [2.45, 2.75) is 24.4 Å². The lowest BCUT2D eigenvalue weighted by atomic mass is 10.0. The van der Waals surface area contributed by atoms with Gasteiger partial charge in [0.25, 0.3) is 11.4 Å². The molecule has 0 heterocycles. The van der Waals surface area contributed by atoms with Gasteiger partial charge in [0, 0.05) is 0 Å². The molecule has 4 unspecified atom stereocenters. The Hall–Kier alpha value is -0.460. The van der Waals surface area contributed by atoms with Crippen LogP contribution in [-0.4, -0.2) is 76.2 Å². The molecule has 0 radical (unpaired) electrons. The van der Waals surface area contributed by atoms with Gasteiger partial charge in [0.2, 0.25) is 0 Å². The highest BCUT2D eigenvalue weighted by atomic mass is 32.2. The second-order valence-corrected chi connectivity index (χ2v) is 3.05. The van der Waals surface area contributed by atoms with Crippen LogP contribution in [0, 0.1) is 0 Å². The molecule has 0 aliphatic heterocycles. The molecule has 0 amide bonds. The first kappa shape index (κ1) is 17.9. The Bertz CT molecular complexity index is 206. The Morgan fingerprint density at radius 1 is 1.06 bits per heavy atom. The highest BCUT2D eigenvalue weighted by molar-refractivity contribution is 7.73. The van der Waals surface area contributed by atoms with E-state index in [1.807, 2.05) is 0 Å². The number of hydrogen-bond acceptors (Lipinski definition) is 7. The number of aldehydes is 1. The van der Waals surface area contributed by atoms with Crippen LogP contribution < -0.4 is 0 Å². The van der Waals surface area contributed by atoms with Crippen LogP contribution in [0.2, 0.25) is 0 Å². The number of aliphatic hydroxyl groups excluding tert-OH is 5. The lowest BCUT2D eigenvalue weighted by Crippen LogP contribution is -2.46. The van der Waals surface area contributed by atoms with Crippen LogP contribution in [0.3, 0.4) is 0 Å². The average Bonchev–Trinajstić information content (AvgIpc) is 2.24. The fraction of sp³-hybridized carbons (Fsp3) is 0.833. The molecule has 0 bridgehead atoms. The molecule has 0 saturated carbocycles. The fourth-order valence-corrected chi connectivity index (χ4v) is 0.618. The van der Waals surface area contributed by atoms with Crippen LogP contribution in [0.15, 0.2) is 0 Å². The molecular formula is C6H14O9S. The van der Waals surface area contributed by atoms with Crippen LogP contribution in [-0.2, 0) is 16.2 Å². The Morgan fingerprint density at radius 3 is 1.69 bits per heavy atom. The zero-order valence-electron chi connectivity index (χ0n) is 7.95. The van der Waals surface area contributed by atoms with E-state index in [1.54, 1.807) is 0 Å². The molecule has 0 spiro atoms. The molecule has 4 atom stereocenters. The predicted molar refractivity (Wildman–Crippen MR) is 50.6 cm³/mol. The summed E-state index contributed by atoms with van der Waals surface area (Å²) >= 11 is -2.61. The van der Waals surface area contributed by atoms with Crippen LogP contribution in [0.1, 0.15) is 0 Å². The van der Waals surface area contributed by atoms with Crippen LogP contribution in [0.4, 0.5) is 0 Å². The third-order valence-corrected chi connectivity index (χ3v) is 1.42. The molecule has 0 aliphatic carbocycles. The first-order valence-corrected chi connectivity index (χ1v) is 4.92. The van der Waals surface area contributed by atoms with Crippen molar-refractivity contribution in [3.05, 3.63) is 0 Å². The van der Waals surface area contributed by atoms with Gasteiger partial charge < -0.3 is 30.3 Å². The van der Waals surface area contributed by atoms with Crippen molar-refractivity contribution in [3.8, 4) is 0 Å². The van der Waals surface area contributed by atoms with E-state index in [0.29, 0.717) is 0 Å². The summed E-state index contributed by atoms with van der Waals surface area (Å²) in [4.78, 5) is 9.90. The summed E-state index contributed by atoms with van der Waals surface area (Å²) in [5.41, 5.74) is 0. The molecule has 7 N–H and O–H groups in total. The molecule has 0 aromatic carbocycles. The summed E-state index contributed by atoms with van der Waals surface area (Å²) in [5.74, 6) is 0. The van der Waals surface area contributed by atoms with Crippen molar-refractivity contribution >= 4 is 17.6 Å². The van der Waals surface area contributed by atoms with Gasteiger partial charge in [-0.2, -0.15) is 4.21 Å². The van der Waals surface area contributed by atoms with Gasteiger partial charge in [0.15, 0.2) is 6.29 Å². The molecule has 10 heteroatoms. The number of aliphatic hydroxyl groups is 5. The zero-order valence-corrected chi connectivity index (χ0v) is 8.77. The first-order chi connectivity index (χ1) is 7.27. The SMILES string of the molecule is O=CC(O)C(O)C(O)C(O)CO.O=S(O)O. The Kier molecular flexibility index (Phi) is 10.9. The van der Waals surface area contributed by atoms with Crippen LogP contribution in [0.25, 0.3) is 0 Å². The van der Waals surface area contributed by atoms with Gasteiger partial charge in [0.05, 0.1) is 6.61 Å². The molecule has 0 saturated heterocycles. The highest BCUT2D eigenvalue weighted by Gasteiger charge is 2.29. The number of carbonyl (C=O) groups excluding carboxylic acids is 1. The minimum absolute atomic E-state index is 0.0258. The molecule has 98 valence electrons. The maximum Gasteiger partial charge on any atom is 0.299 e. The van der Waals surface area contributed by atoms with Crippen molar-refractivity contribution in [3.63, 3.8) is 0 Å². The van der Waals surface area contributed by atoms with Gasteiger partial charge in [-0.1, -0.05) is 0 Å². The molecule has 0 rings (SSSR count). The second-order valence-electron chi connectivity index (χ2n) is 2.59. The van der Waals surface area contributed by atoms with E-state index in [2.05, 4.69) is 0 Å². The highest BCUT2D eigenvalue weighted by Crippen LogP contribution is 2.02. The largest absolute Gasteiger partial charge is 0.394 e. The summed E-state index contributed by atoms with van der Waals surface area (Å²) in [6, 6.07) is 0. The van der Waals surface area contributed by atoms with E-state index in [9.17, 15) is 4.79 Å². The number of rotatable bonds is 5. The quantitative estimate of drug-likeness (QED) is 0.194. The second kappa shape index (κ2) is 9.74. The Labute approximate surface area is 93.1 Å². The Morgan fingerprint density at radius 2 is 1.44 bits per heavy atom. The van der Waals surface area contributed by atoms with Gasteiger partial charge in [-0.3, -0.25) is 9.11 Å². The average molecular weight is 262 g/mol. The summed E-state index contributed by atoms with van der Waals surface area (Å²) in [6.07, 6.45) is -6.84. The third-order valence-electron chi connectivity index (χ3n) is 1.42. The molecule has 0 fully saturated rings. The van der Waals surface area contributed by atoms with E-state index in [0.717, 1.165) is 0 Å². The molecular weight excluding hydrogens is 248 g/mol. The zero-order chi connectivity index (χ0) is 13.3. The molecule has 0 aromatic heterocycles. The van der Waals surface area contributed by atoms with Gasteiger partial charge in [-0.25, -0.2) is 0 Å². The third kappa shape index (κ3) is 8.82. The van der Waals surface area contributed by atoms with E-state index < -0.39 is 42.4 Å². The minimum Gasteiger partial charge on any atom is -0.394 e. The summed E-state index contributed by atoms with van der Waals surface area (Å²) in [5, 5.41) is 43.5. The fourth-order valence-electron chi connectivity index (χ4n) is 0.618. The van der Waals surface area contributed by atoms with Crippen molar-refractivity contribution in [1.29, 1.82) is 0 Å². The summed E-state index contributed by atoms with van der Waals surface area (Å²) in [6.45, 7) is -0.760. The summed E-state index contributed by atoms with van der Waals surface area (Å²) in [7, 11) is 0. The first-order valence-electron chi connectivity index (χ1n) is 3.86. The lowest BCUT2D eigenvalue weighted by Gasteiger charge is -2.22. The van der Waals surface area contributed by atoms with Crippen molar-refractivity contribution in [1.82, 2.24) is 0 Å². The number of hydrogen-bond donors (Lipinski definition) is 7. The van der Waals surface area contributed by atoms with E-state index in [1.165, 1.54) is 0 Å². The van der Waals surface area contributed by atoms with Gasteiger partial charge >= 0.3 is 0 Å². The molecule has 9 nitrogen and oxygen atoms in total. The van der Waals surface area contributed by atoms with E-state index in [4.69, 9.17) is 38.8 Å². The normalized spacial score (nSPS) is 18.0. The molecule has 16 heavy (non-hydrogen) atoms. The van der Waals surface area contributed by atoms with E-state index in [-0.39, 0.29) is 6.29 Å². The monoisotopic (exact) mass is 262 g/mol. The smallest absolute Gasteiger partial charge is 0.299 e. The van der Waals surface area contributed by atoms with Crippen LogP contribution in [0.5, 0.6) is 0 Å². The van der Waals surface area contributed by atoms with Crippen LogP contribution >= 0.6 is 0 Å². The molecule has 0 aromatic rings. The molecule has 0 aliphatic rings.